The lowest BCUT2D eigenvalue weighted by atomic mass is 9.86. The normalized spacial score (nSPS) is 16.0. The van der Waals surface area contributed by atoms with Gasteiger partial charge in [0.2, 0.25) is 10.0 Å². The first-order chi connectivity index (χ1) is 15.0. The summed E-state index contributed by atoms with van der Waals surface area (Å²) in [5, 5.41) is 2.75. The third-order valence-corrected chi connectivity index (χ3v) is 6.26. The number of nitrogens with zero attached hydrogens (tertiary/aromatic N) is 1. The van der Waals surface area contributed by atoms with Gasteiger partial charge in [0.15, 0.2) is 6.10 Å². The molecule has 0 aromatic heterocycles. The Kier molecular flexibility index (Phi) is 6.88. The maximum atomic E-state index is 12.7. The fourth-order valence-corrected chi connectivity index (χ4v) is 4.20. The minimum absolute atomic E-state index is 0.0927. The van der Waals surface area contributed by atoms with E-state index in [-0.39, 0.29) is 25.1 Å². The summed E-state index contributed by atoms with van der Waals surface area (Å²) in [5.74, 6) is 1.35. The second-order valence-electron chi connectivity index (χ2n) is 8.65. The van der Waals surface area contributed by atoms with Crippen molar-refractivity contribution in [1.29, 1.82) is 0 Å². The fourth-order valence-electron chi connectivity index (χ4n) is 3.30. The molecule has 0 spiro atoms. The second kappa shape index (κ2) is 9.28. The van der Waals surface area contributed by atoms with Crippen LogP contribution in [0.1, 0.15) is 26.3 Å². The van der Waals surface area contributed by atoms with Crippen LogP contribution in [0.3, 0.4) is 0 Å². The molecule has 1 heterocycles. The Balaban J connectivity index is 1.65. The Hall–Kier alpha value is -2.94. The monoisotopic (exact) mass is 462 g/mol. The molecular weight excluding hydrogens is 432 g/mol. The van der Waals surface area contributed by atoms with Gasteiger partial charge in [0.1, 0.15) is 23.9 Å². The van der Waals surface area contributed by atoms with Crippen molar-refractivity contribution in [2.24, 2.45) is 0 Å². The van der Waals surface area contributed by atoms with Gasteiger partial charge in [0.05, 0.1) is 32.1 Å². The van der Waals surface area contributed by atoms with Crippen LogP contribution in [-0.2, 0) is 20.2 Å². The van der Waals surface area contributed by atoms with Gasteiger partial charge >= 0.3 is 0 Å². The number of ether oxygens (including phenoxy) is 3. The number of carbonyl (C=O) groups is 1. The fraction of sp³-hybridized carbons (Fsp3) is 0.435. The van der Waals surface area contributed by atoms with Crippen molar-refractivity contribution < 1.29 is 27.4 Å². The minimum atomic E-state index is -3.60. The van der Waals surface area contributed by atoms with Crippen LogP contribution in [0.15, 0.2) is 42.5 Å². The highest BCUT2D eigenvalue weighted by atomic mass is 32.2. The predicted octanol–water partition coefficient (Wildman–Crippen LogP) is 2.71. The summed E-state index contributed by atoms with van der Waals surface area (Å²) in [7, 11) is -2.01. The lowest BCUT2D eigenvalue weighted by Gasteiger charge is -2.35. The van der Waals surface area contributed by atoms with Crippen molar-refractivity contribution in [2.75, 3.05) is 37.4 Å². The lowest BCUT2D eigenvalue weighted by Crippen LogP contribution is -2.51. The van der Waals surface area contributed by atoms with Crippen molar-refractivity contribution in [3.8, 4) is 17.2 Å². The summed E-state index contributed by atoms with van der Waals surface area (Å²) in [6.07, 6.45) is 0.169. The number of methoxy groups -OCH3 is 1. The summed E-state index contributed by atoms with van der Waals surface area (Å²) in [6, 6.07) is 12.5. The molecule has 0 saturated carbocycles. The molecule has 0 saturated heterocycles. The van der Waals surface area contributed by atoms with Gasteiger partial charge in [-0.15, -0.1) is 0 Å². The van der Waals surface area contributed by atoms with E-state index in [1.807, 2.05) is 32.9 Å². The van der Waals surface area contributed by atoms with Gasteiger partial charge < -0.3 is 19.5 Å². The number of amides is 1. The number of nitrogens with one attached hydrogen (secondary N) is 1. The summed E-state index contributed by atoms with van der Waals surface area (Å²) < 4.78 is 42.7. The molecule has 1 atom stereocenters. The number of carbonyl (C=O) groups excluding carboxylic acids is 1. The average Bonchev–Trinajstić information content (AvgIpc) is 2.74. The van der Waals surface area contributed by atoms with E-state index in [1.165, 1.54) is 4.31 Å². The topological polar surface area (TPSA) is 94.2 Å². The SMILES string of the molecule is COc1ccc(OCCNC(=O)[C@@H]2CN(S(C)(=O)=O)c3cc(C(C)(C)C)ccc3O2)cc1. The van der Waals surface area contributed by atoms with Gasteiger partial charge in [-0.05, 0) is 47.4 Å². The Morgan fingerprint density at radius 1 is 1.16 bits per heavy atom. The van der Waals surface area contributed by atoms with Crippen molar-refractivity contribution in [3.63, 3.8) is 0 Å². The smallest absolute Gasteiger partial charge is 0.263 e. The van der Waals surface area contributed by atoms with E-state index in [0.29, 0.717) is 17.2 Å². The Labute approximate surface area is 189 Å². The van der Waals surface area contributed by atoms with E-state index < -0.39 is 22.0 Å². The van der Waals surface area contributed by atoms with Crippen LogP contribution in [0.5, 0.6) is 17.2 Å². The molecule has 1 aliphatic heterocycles. The van der Waals surface area contributed by atoms with Crippen LogP contribution in [0.2, 0.25) is 0 Å². The van der Waals surface area contributed by atoms with Crippen LogP contribution in [0.25, 0.3) is 0 Å². The van der Waals surface area contributed by atoms with Crippen LogP contribution < -0.4 is 23.8 Å². The number of fused-ring (bicyclic) bond motifs is 1. The summed E-state index contributed by atoms with van der Waals surface area (Å²) in [6.45, 7) is 6.56. The zero-order valence-corrected chi connectivity index (χ0v) is 19.9. The molecule has 2 aromatic rings. The van der Waals surface area contributed by atoms with Crippen molar-refractivity contribution in [1.82, 2.24) is 5.32 Å². The van der Waals surface area contributed by atoms with Gasteiger partial charge in [-0.2, -0.15) is 0 Å². The van der Waals surface area contributed by atoms with Crippen molar-refractivity contribution >= 4 is 21.6 Å². The Bertz CT molecular complexity index is 1060. The van der Waals surface area contributed by atoms with Crippen LogP contribution in [-0.4, -0.2) is 53.5 Å². The zero-order chi connectivity index (χ0) is 23.5. The number of anilines is 1. The molecule has 1 N–H and O–H groups in total. The molecule has 1 amide bonds. The molecule has 9 heteroatoms. The number of hydrogen-bond donors (Lipinski definition) is 1. The van der Waals surface area contributed by atoms with Crippen molar-refractivity contribution in [2.45, 2.75) is 32.3 Å². The lowest BCUT2D eigenvalue weighted by molar-refractivity contribution is -0.127. The van der Waals surface area contributed by atoms with Crippen LogP contribution >= 0.6 is 0 Å². The molecule has 174 valence electrons. The molecule has 0 radical (unpaired) electrons. The van der Waals surface area contributed by atoms with Gasteiger partial charge in [-0.3, -0.25) is 9.10 Å². The third-order valence-electron chi connectivity index (χ3n) is 5.12. The molecular formula is C23H30N2O6S. The summed E-state index contributed by atoms with van der Waals surface area (Å²) >= 11 is 0. The van der Waals surface area contributed by atoms with E-state index in [4.69, 9.17) is 14.2 Å². The second-order valence-corrected chi connectivity index (χ2v) is 10.6. The average molecular weight is 463 g/mol. The minimum Gasteiger partial charge on any atom is -0.497 e. The maximum Gasteiger partial charge on any atom is 0.263 e. The molecule has 0 unspecified atom stereocenters. The highest BCUT2D eigenvalue weighted by Gasteiger charge is 2.35. The highest BCUT2D eigenvalue weighted by Crippen LogP contribution is 2.38. The predicted molar refractivity (Wildman–Crippen MR) is 123 cm³/mol. The number of benzene rings is 2. The Morgan fingerprint density at radius 2 is 1.81 bits per heavy atom. The number of sulfonamides is 1. The zero-order valence-electron chi connectivity index (χ0n) is 19.0. The maximum absolute atomic E-state index is 12.7. The van der Waals surface area contributed by atoms with E-state index in [1.54, 1.807) is 37.4 Å². The third kappa shape index (κ3) is 5.64. The van der Waals surface area contributed by atoms with Crippen LogP contribution in [0.4, 0.5) is 5.69 Å². The van der Waals surface area contributed by atoms with E-state index in [2.05, 4.69) is 5.32 Å². The highest BCUT2D eigenvalue weighted by molar-refractivity contribution is 7.92. The summed E-state index contributed by atoms with van der Waals surface area (Å²) in [4.78, 5) is 12.7. The molecule has 2 aromatic carbocycles. The number of hydrogen-bond acceptors (Lipinski definition) is 6. The Morgan fingerprint density at radius 3 is 2.41 bits per heavy atom. The van der Waals surface area contributed by atoms with Gasteiger partial charge in [0.25, 0.3) is 5.91 Å². The van der Waals surface area contributed by atoms with Crippen LogP contribution in [0, 0.1) is 0 Å². The molecule has 0 aliphatic carbocycles. The first-order valence-electron chi connectivity index (χ1n) is 10.3. The molecule has 0 fully saturated rings. The van der Waals surface area contributed by atoms with Gasteiger partial charge in [-0.1, -0.05) is 26.8 Å². The molecule has 1 aliphatic rings. The molecule has 3 rings (SSSR count). The van der Waals surface area contributed by atoms with Crippen molar-refractivity contribution in [3.05, 3.63) is 48.0 Å². The number of rotatable bonds is 7. The quantitative estimate of drug-likeness (QED) is 0.636. The largest absolute Gasteiger partial charge is 0.497 e. The van der Waals surface area contributed by atoms with E-state index >= 15 is 0 Å². The standard InChI is InChI=1S/C23H30N2O6S/c1-23(2,3)16-6-11-20-19(14-16)25(32(5,27)28)15-21(31-20)22(26)24-12-13-30-18-9-7-17(29-4)8-10-18/h6-11,14,21H,12-13,15H2,1-5H3,(H,24,26)/t21-/m0/s1. The van der Waals surface area contributed by atoms with E-state index in [0.717, 1.165) is 17.6 Å². The first kappa shape index (κ1) is 23.7. The molecule has 0 bridgehead atoms. The summed E-state index contributed by atoms with van der Waals surface area (Å²) in [5.41, 5.74) is 1.27. The first-order valence-corrected chi connectivity index (χ1v) is 12.2. The van der Waals surface area contributed by atoms with E-state index in [9.17, 15) is 13.2 Å². The molecule has 8 nitrogen and oxygen atoms in total. The molecule has 32 heavy (non-hydrogen) atoms. The van der Waals surface area contributed by atoms with Gasteiger partial charge in [0, 0.05) is 0 Å². The van der Waals surface area contributed by atoms with Gasteiger partial charge in [-0.25, -0.2) is 8.42 Å².